The molecule has 1 aliphatic rings. The fourth-order valence-corrected chi connectivity index (χ4v) is 3.13. The van der Waals surface area contributed by atoms with Crippen molar-refractivity contribution in [3.05, 3.63) is 36.2 Å². The van der Waals surface area contributed by atoms with E-state index in [-0.39, 0.29) is 23.6 Å². The van der Waals surface area contributed by atoms with E-state index in [0.29, 0.717) is 22.3 Å². The van der Waals surface area contributed by atoms with E-state index in [0.717, 1.165) is 0 Å². The maximum absolute atomic E-state index is 12.2. The Morgan fingerprint density at radius 3 is 2.64 bits per heavy atom. The molecular formula is C17H21N5O2S. The first-order chi connectivity index (χ1) is 12.0. The third kappa shape index (κ3) is 4.82. The molecule has 1 fully saturated rings. The molecule has 2 aromatic rings. The van der Waals surface area contributed by atoms with E-state index in [1.54, 1.807) is 35.2 Å². The Hall–Kier alpha value is -2.35. The largest absolute Gasteiger partial charge is 0.349 e. The molecule has 0 unspecified atom stereocenters. The standard InChI is InChI=1S/C17H21N5O2S/c1-11(12-3-4-12)19-16(24)13-5-7-14(8-6-13)20-15(23)9-25-17-21-18-10-22(17)2/h5-8,10-12H,3-4,9H2,1-2H3,(H,19,24)(H,20,23)/t11-/m1/s1. The van der Waals surface area contributed by atoms with Gasteiger partial charge in [-0.3, -0.25) is 9.59 Å². The molecule has 8 heteroatoms. The van der Waals surface area contributed by atoms with Crippen molar-refractivity contribution in [2.45, 2.75) is 31.0 Å². The highest BCUT2D eigenvalue weighted by Gasteiger charge is 2.29. The van der Waals surface area contributed by atoms with Crippen molar-refractivity contribution in [3.63, 3.8) is 0 Å². The molecule has 3 rings (SSSR count). The van der Waals surface area contributed by atoms with Crippen LogP contribution in [-0.4, -0.2) is 38.4 Å². The number of hydrogen-bond acceptors (Lipinski definition) is 5. The second-order valence-electron chi connectivity index (χ2n) is 6.24. The monoisotopic (exact) mass is 359 g/mol. The van der Waals surface area contributed by atoms with Crippen molar-refractivity contribution in [3.8, 4) is 0 Å². The molecule has 0 bridgehead atoms. The average molecular weight is 359 g/mol. The molecule has 2 N–H and O–H groups in total. The Balaban J connectivity index is 1.48. The summed E-state index contributed by atoms with van der Waals surface area (Å²) < 4.78 is 1.76. The molecule has 0 radical (unpaired) electrons. The van der Waals surface area contributed by atoms with E-state index in [2.05, 4.69) is 20.8 Å². The van der Waals surface area contributed by atoms with Crippen LogP contribution in [0.15, 0.2) is 35.7 Å². The van der Waals surface area contributed by atoms with Gasteiger partial charge < -0.3 is 15.2 Å². The maximum Gasteiger partial charge on any atom is 0.251 e. The molecule has 1 aliphatic carbocycles. The van der Waals surface area contributed by atoms with Crippen LogP contribution < -0.4 is 10.6 Å². The highest BCUT2D eigenvalue weighted by atomic mass is 32.2. The molecule has 1 saturated carbocycles. The number of thioether (sulfide) groups is 1. The van der Waals surface area contributed by atoms with Gasteiger partial charge in [-0.05, 0) is 49.9 Å². The normalized spacial score (nSPS) is 14.8. The second-order valence-corrected chi connectivity index (χ2v) is 7.18. The molecule has 1 aromatic carbocycles. The first kappa shape index (κ1) is 17.5. The minimum atomic E-state index is -0.132. The third-order valence-electron chi connectivity index (χ3n) is 4.12. The zero-order chi connectivity index (χ0) is 17.8. The van der Waals surface area contributed by atoms with Gasteiger partial charge in [0.15, 0.2) is 5.16 Å². The summed E-state index contributed by atoms with van der Waals surface area (Å²) in [4.78, 5) is 24.2. The summed E-state index contributed by atoms with van der Waals surface area (Å²) in [6.07, 6.45) is 3.98. The van der Waals surface area contributed by atoms with Crippen LogP contribution in [0, 0.1) is 5.92 Å². The van der Waals surface area contributed by atoms with E-state index in [1.807, 2.05) is 14.0 Å². The first-order valence-corrected chi connectivity index (χ1v) is 9.19. The quantitative estimate of drug-likeness (QED) is 0.739. The smallest absolute Gasteiger partial charge is 0.251 e. The Morgan fingerprint density at radius 2 is 2.04 bits per heavy atom. The predicted molar refractivity (Wildman–Crippen MR) is 96.5 cm³/mol. The van der Waals surface area contributed by atoms with Crippen LogP contribution in [0.25, 0.3) is 0 Å². The molecule has 2 amide bonds. The van der Waals surface area contributed by atoms with Crippen molar-refractivity contribution in [1.82, 2.24) is 20.1 Å². The summed E-state index contributed by atoms with van der Waals surface area (Å²) in [6.45, 7) is 2.04. The first-order valence-electron chi connectivity index (χ1n) is 8.20. The fourth-order valence-electron chi connectivity index (χ4n) is 2.44. The van der Waals surface area contributed by atoms with E-state index >= 15 is 0 Å². The number of rotatable bonds is 7. The molecule has 0 saturated heterocycles. The molecule has 0 spiro atoms. The van der Waals surface area contributed by atoms with Gasteiger partial charge in [0.25, 0.3) is 5.91 Å². The van der Waals surface area contributed by atoms with E-state index in [1.165, 1.54) is 24.6 Å². The number of carbonyl (C=O) groups is 2. The number of hydrogen-bond donors (Lipinski definition) is 2. The lowest BCUT2D eigenvalue weighted by Crippen LogP contribution is -2.33. The number of anilines is 1. The van der Waals surface area contributed by atoms with Gasteiger partial charge in [-0.15, -0.1) is 10.2 Å². The van der Waals surface area contributed by atoms with Gasteiger partial charge in [0.2, 0.25) is 5.91 Å². The van der Waals surface area contributed by atoms with Crippen molar-refractivity contribution in [2.24, 2.45) is 13.0 Å². The van der Waals surface area contributed by atoms with Gasteiger partial charge >= 0.3 is 0 Å². The van der Waals surface area contributed by atoms with Crippen LogP contribution in [0.1, 0.15) is 30.1 Å². The number of aryl methyl sites for hydroxylation is 1. The molecule has 25 heavy (non-hydrogen) atoms. The van der Waals surface area contributed by atoms with Gasteiger partial charge in [0.1, 0.15) is 6.33 Å². The average Bonchev–Trinajstić information content (AvgIpc) is 3.36. The number of carbonyl (C=O) groups excluding carboxylic acids is 2. The van der Waals surface area contributed by atoms with Crippen LogP contribution in [-0.2, 0) is 11.8 Å². The second kappa shape index (κ2) is 7.69. The van der Waals surface area contributed by atoms with Crippen molar-refractivity contribution in [1.29, 1.82) is 0 Å². The number of benzene rings is 1. The minimum absolute atomic E-state index is 0.0740. The van der Waals surface area contributed by atoms with Crippen molar-refractivity contribution >= 4 is 29.3 Å². The summed E-state index contributed by atoms with van der Waals surface area (Å²) in [7, 11) is 1.83. The highest BCUT2D eigenvalue weighted by molar-refractivity contribution is 7.99. The van der Waals surface area contributed by atoms with Crippen LogP contribution in [0.3, 0.4) is 0 Å². The van der Waals surface area contributed by atoms with Crippen LogP contribution in [0.2, 0.25) is 0 Å². The Morgan fingerprint density at radius 1 is 1.32 bits per heavy atom. The van der Waals surface area contributed by atoms with Gasteiger partial charge in [-0.1, -0.05) is 11.8 Å². The molecule has 7 nitrogen and oxygen atoms in total. The lowest BCUT2D eigenvalue weighted by molar-refractivity contribution is -0.113. The maximum atomic E-state index is 12.2. The molecule has 1 aromatic heterocycles. The van der Waals surface area contributed by atoms with Gasteiger partial charge in [0.05, 0.1) is 5.75 Å². The molecular weight excluding hydrogens is 338 g/mol. The Kier molecular flexibility index (Phi) is 5.37. The van der Waals surface area contributed by atoms with Crippen LogP contribution in [0.4, 0.5) is 5.69 Å². The van der Waals surface area contributed by atoms with Crippen LogP contribution in [0.5, 0.6) is 0 Å². The zero-order valence-corrected chi connectivity index (χ0v) is 15.0. The van der Waals surface area contributed by atoms with E-state index in [9.17, 15) is 9.59 Å². The lowest BCUT2D eigenvalue weighted by atomic mass is 10.1. The van der Waals surface area contributed by atoms with Gasteiger partial charge in [0, 0.05) is 24.3 Å². The van der Waals surface area contributed by atoms with E-state index < -0.39 is 0 Å². The Bertz CT molecular complexity index is 755. The lowest BCUT2D eigenvalue weighted by Gasteiger charge is -2.13. The number of aromatic nitrogens is 3. The van der Waals surface area contributed by atoms with Gasteiger partial charge in [-0.2, -0.15) is 0 Å². The molecule has 1 atom stereocenters. The Labute approximate surface area is 150 Å². The SMILES string of the molecule is C[C@@H](NC(=O)c1ccc(NC(=O)CSc2nncn2C)cc1)C1CC1. The van der Waals surface area contributed by atoms with Crippen molar-refractivity contribution in [2.75, 3.05) is 11.1 Å². The predicted octanol–water partition coefficient (Wildman–Crippen LogP) is 2.07. The van der Waals surface area contributed by atoms with Crippen LogP contribution >= 0.6 is 11.8 Å². The number of amides is 2. The minimum Gasteiger partial charge on any atom is -0.349 e. The summed E-state index contributed by atoms with van der Waals surface area (Å²) in [6, 6.07) is 7.13. The van der Waals surface area contributed by atoms with Crippen molar-refractivity contribution < 1.29 is 9.59 Å². The molecule has 132 valence electrons. The van der Waals surface area contributed by atoms with E-state index in [4.69, 9.17) is 0 Å². The molecule has 0 aliphatic heterocycles. The summed E-state index contributed by atoms with van der Waals surface area (Å²) in [5, 5.41) is 14.2. The zero-order valence-electron chi connectivity index (χ0n) is 14.2. The fraction of sp³-hybridized carbons (Fsp3) is 0.412. The highest BCUT2D eigenvalue weighted by Crippen LogP contribution is 2.32. The third-order valence-corrected chi connectivity index (χ3v) is 5.16. The van der Waals surface area contributed by atoms with Gasteiger partial charge in [-0.25, -0.2) is 0 Å². The topological polar surface area (TPSA) is 88.9 Å². The summed E-state index contributed by atoms with van der Waals surface area (Å²) in [5.41, 5.74) is 1.26. The molecule has 1 heterocycles. The summed E-state index contributed by atoms with van der Waals surface area (Å²) in [5.74, 6) is 0.657. The number of nitrogens with zero attached hydrogens (tertiary/aromatic N) is 3. The summed E-state index contributed by atoms with van der Waals surface area (Å²) >= 11 is 1.32. The number of nitrogens with one attached hydrogen (secondary N) is 2.